The highest BCUT2D eigenvalue weighted by molar-refractivity contribution is 7.10. The minimum Gasteiger partial charge on any atom is -0.503 e. The van der Waals surface area contributed by atoms with E-state index in [1.54, 1.807) is 11.0 Å². The first-order valence-electron chi connectivity index (χ1n) is 8.00. The zero-order valence-corrected chi connectivity index (χ0v) is 14.2. The molecule has 1 N–H and O–H groups in total. The molecule has 2 aromatic heterocycles. The van der Waals surface area contributed by atoms with E-state index >= 15 is 0 Å². The second-order valence-corrected chi connectivity index (χ2v) is 6.67. The van der Waals surface area contributed by atoms with Crippen LogP contribution < -0.4 is 0 Å². The second kappa shape index (κ2) is 7.05. The maximum atomic E-state index is 12.8. The number of carbonyl (C=O) groups excluding carboxylic acids is 2. The largest absolute Gasteiger partial charge is 0.503 e. The van der Waals surface area contributed by atoms with Crippen LogP contribution in [0.15, 0.2) is 51.7 Å². The van der Waals surface area contributed by atoms with E-state index in [0.717, 1.165) is 24.1 Å². The third kappa shape index (κ3) is 2.89. The predicted molar refractivity (Wildman–Crippen MR) is 91.0 cm³/mol. The minimum absolute atomic E-state index is 0.105. The van der Waals surface area contributed by atoms with Gasteiger partial charge >= 0.3 is 0 Å². The van der Waals surface area contributed by atoms with Gasteiger partial charge in [-0.3, -0.25) is 9.59 Å². The van der Waals surface area contributed by atoms with Crippen LogP contribution in [-0.2, 0) is 4.79 Å². The van der Waals surface area contributed by atoms with E-state index in [9.17, 15) is 14.7 Å². The van der Waals surface area contributed by atoms with Gasteiger partial charge in [-0.15, -0.1) is 11.3 Å². The molecule has 0 spiro atoms. The molecule has 0 aliphatic carbocycles. The molecule has 1 aliphatic heterocycles. The van der Waals surface area contributed by atoms with Crippen molar-refractivity contribution >= 4 is 23.0 Å². The quantitative estimate of drug-likeness (QED) is 0.605. The van der Waals surface area contributed by atoms with E-state index < -0.39 is 23.5 Å². The summed E-state index contributed by atoms with van der Waals surface area (Å²) in [7, 11) is 0. The maximum Gasteiger partial charge on any atom is 0.290 e. The van der Waals surface area contributed by atoms with Crippen molar-refractivity contribution in [3.63, 3.8) is 0 Å². The number of carbonyl (C=O) groups is 2. The molecule has 2 aromatic rings. The molecular formula is C18H19NO4S. The fraction of sp³-hybridized carbons (Fsp3) is 0.333. The lowest BCUT2D eigenvalue weighted by atomic mass is 10.0. The molecule has 0 saturated carbocycles. The lowest BCUT2D eigenvalue weighted by Gasteiger charge is -2.25. The first-order valence-corrected chi connectivity index (χ1v) is 8.88. The molecule has 24 heavy (non-hydrogen) atoms. The predicted octanol–water partition coefficient (Wildman–Crippen LogP) is 4.11. The van der Waals surface area contributed by atoms with Gasteiger partial charge in [0.05, 0.1) is 17.9 Å². The molecule has 6 heteroatoms. The van der Waals surface area contributed by atoms with Crippen LogP contribution >= 0.6 is 11.3 Å². The van der Waals surface area contributed by atoms with Crippen LogP contribution in [0, 0.1) is 0 Å². The van der Waals surface area contributed by atoms with Crippen LogP contribution in [0.5, 0.6) is 0 Å². The Morgan fingerprint density at radius 2 is 2.17 bits per heavy atom. The number of thiophene rings is 1. The number of hydrogen-bond acceptors (Lipinski definition) is 5. The van der Waals surface area contributed by atoms with Crippen molar-refractivity contribution in [3.8, 4) is 0 Å². The Morgan fingerprint density at radius 3 is 2.79 bits per heavy atom. The number of aliphatic hydroxyl groups is 1. The van der Waals surface area contributed by atoms with Crippen LogP contribution in [0.2, 0.25) is 0 Å². The molecule has 3 rings (SSSR count). The first kappa shape index (κ1) is 16.5. The van der Waals surface area contributed by atoms with Crippen molar-refractivity contribution in [2.75, 3.05) is 6.54 Å². The van der Waals surface area contributed by atoms with Crippen molar-refractivity contribution in [3.05, 3.63) is 57.9 Å². The molecule has 3 heterocycles. The molecule has 5 nitrogen and oxygen atoms in total. The summed E-state index contributed by atoms with van der Waals surface area (Å²) in [6.07, 6.45) is 4.26. The molecule has 0 aromatic carbocycles. The van der Waals surface area contributed by atoms with Crippen LogP contribution in [0.1, 0.15) is 47.7 Å². The monoisotopic (exact) mass is 345 g/mol. The molecule has 0 fully saturated rings. The van der Waals surface area contributed by atoms with E-state index in [4.69, 9.17) is 4.42 Å². The first-order chi connectivity index (χ1) is 11.6. The lowest BCUT2D eigenvalue weighted by molar-refractivity contribution is -0.129. The maximum absolute atomic E-state index is 12.8. The summed E-state index contributed by atoms with van der Waals surface area (Å²) >= 11 is 1.46. The number of aliphatic hydroxyl groups excluding tert-OH is 1. The Labute approximate surface area is 144 Å². The fourth-order valence-corrected chi connectivity index (χ4v) is 3.78. The summed E-state index contributed by atoms with van der Waals surface area (Å²) in [5, 5.41) is 12.3. The Kier molecular flexibility index (Phi) is 4.85. The van der Waals surface area contributed by atoms with Gasteiger partial charge in [0.1, 0.15) is 0 Å². The summed E-state index contributed by atoms with van der Waals surface area (Å²) in [6.45, 7) is 2.60. The highest BCUT2D eigenvalue weighted by atomic mass is 32.1. The zero-order valence-electron chi connectivity index (χ0n) is 13.4. The molecular weight excluding hydrogens is 326 g/mol. The van der Waals surface area contributed by atoms with E-state index in [2.05, 4.69) is 6.92 Å². The fourth-order valence-electron chi connectivity index (χ4n) is 2.93. The second-order valence-electron chi connectivity index (χ2n) is 5.69. The van der Waals surface area contributed by atoms with Crippen molar-refractivity contribution in [2.45, 2.75) is 32.2 Å². The summed E-state index contributed by atoms with van der Waals surface area (Å²) in [6, 6.07) is 6.36. The SMILES string of the molecule is CCCCCN1C(=O)C(O)=C(C(=O)c2ccco2)C1c1cccs1. The molecule has 126 valence electrons. The average Bonchev–Trinajstić information content (AvgIpc) is 3.31. The Bertz CT molecular complexity index is 746. The normalized spacial score (nSPS) is 17.8. The minimum atomic E-state index is -0.549. The van der Waals surface area contributed by atoms with Crippen LogP contribution in [0.4, 0.5) is 0 Å². The van der Waals surface area contributed by atoms with Crippen molar-refractivity contribution < 1.29 is 19.1 Å². The number of unbranched alkanes of at least 4 members (excludes halogenated alkanes) is 2. The van der Waals surface area contributed by atoms with E-state index in [1.807, 2.05) is 17.5 Å². The number of furan rings is 1. The zero-order chi connectivity index (χ0) is 17.1. The van der Waals surface area contributed by atoms with Gasteiger partial charge in [-0.2, -0.15) is 0 Å². The standard InChI is InChI=1S/C18H19NO4S/c1-2-3-4-9-19-15(13-8-6-11-24-13)14(17(21)18(19)22)16(20)12-7-5-10-23-12/h5-8,10-11,15,21H,2-4,9H2,1H3. The van der Waals surface area contributed by atoms with Crippen molar-refractivity contribution in [1.29, 1.82) is 0 Å². The van der Waals surface area contributed by atoms with Crippen LogP contribution in [0.25, 0.3) is 0 Å². The molecule has 1 unspecified atom stereocenters. The molecule has 1 aliphatic rings. The van der Waals surface area contributed by atoms with E-state index in [0.29, 0.717) is 6.54 Å². The smallest absolute Gasteiger partial charge is 0.290 e. The van der Waals surface area contributed by atoms with Crippen LogP contribution in [0.3, 0.4) is 0 Å². The Hall–Kier alpha value is -2.34. The summed E-state index contributed by atoms with van der Waals surface area (Å²) in [5.74, 6) is -1.27. The van der Waals surface area contributed by atoms with Gasteiger partial charge in [0.25, 0.3) is 5.91 Å². The summed E-state index contributed by atoms with van der Waals surface area (Å²) < 4.78 is 5.17. The van der Waals surface area contributed by atoms with Gasteiger partial charge in [-0.05, 0) is 30.0 Å². The average molecular weight is 345 g/mol. The number of hydrogen-bond donors (Lipinski definition) is 1. The summed E-state index contributed by atoms with van der Waals surface area (Å²) in [4.78, 5) is 27.7. The third-order valence-electron chi connectivity index (χ3n) is 4.11. The van der Waals surface area contributed by atoms with Gasteiger partial charge in [0.2, 0.25) is 5.78 Å². The van der Waals surface area contributed by atoms with Gasteiger partial charge in [-0.25, -0.2) is 0 Å². The van der Waals surface area contributed by atoms with Gasteiger partial charge in [0, 0.05) is 11.4 Å². The Morgan fingerprint density at radius 1 is 1.33 bits per heavy atom. The number of ketones is 1. The van der Waals surface area contributed by atoms with Gasteiger partial charge in [0.15, 0.2) is 11.5 Å². The van der Waals surface area contributed by atoms with E-state index in [-0.39, 0.29) is 11.3 Å². The highest BCUT2D eigenvalue weighted by Crippen LogP contribution is 2.40. The van der Waals surface area contributed by atoms with E-state index in [1.165, 1.54) is 23.7 Å². The molecule has 0 radical (unpaired) electrons. The molecule has 1 atom stereocenters. The van der Waals surface area contributed by atoms with Gasteiger partial charge < -0.3 is 14.4 Å². The highest BCUT2D eigenvalue weighted by Gasteiger charge is 2.44. The van der Waals surface area contributed by atoms with Crippen molar-refractivity contribution in [2.24, 2.45) is 0 Å². The third-order valence-corrected chi connectivity index (χ3v) is 5.03. The number of nitrogens with zero attached hydrogens (tertiary/aromatic N) is 1. The topological polar surface area (TPSA) is 70.8 Å². The van der Waals surface area contributed by atoms with Gasteiger partial charge in [-0.1, -0.05) is 25.8 Å². The van der Waals surface area contributed by atoms with Crippen LogP contribution in [-0.4, -0.2) is 28.2 Å². The lowest BCUT2D eigenvalue weighted by Crippen LogP contribution is -2.31. The molecule has 0 bridgehead atoms. The van der Waals surface area contributed by atoms with Crippen molar-refractivity contribution in [1.82, 2.24) is 4.90 Å². The number of amides is 1. The molecule has 1 amide bonds. The molecule has 0 saturated heterocycles. The Balaban J connectivity index is 1.98. The number of rotatable bonds is 7. The number of Topliss-reactive ketones (excluding diaryl/α,β-unsaturated/α-hetero) is 1. The summed E-state index contributed by atoms with van der Waals surface area (Å²) in [5.41, 5.74) is 0.105.